The van der Waals surface area contributed by atoms with Crippen LogP contribution in [0.2, 0.25) is 0 Å². The molecule has 1 aromatic heterocycles. The summed E-state index contributed by atoms with van der Waals surface area (Å²) in [5.74, 6) is -3.90. The molecule has 0 saturated heterocycles. The van der Waals surface area contributed by atoms with Crippen LogP contribution in [-0.2, 0) is 0 Å². The average molecular weight is 305 g/mol. The first-order valence-corrected chi connectivity index (χ1v) is 6.01. The zero-order chi connectivity index (χ0) is 16.4. The summed E-state index contributed by atoms with van der Waals surface area (Å²) in [7, 11) is 0. The van der Waals surface area contributed by atoms with E-state index in [1.165, 1.54) is 24.3 Å². The summed E-state index contributed by atoms with van der Waals surface area (Å²) in [5.41, 5.74) is -2.47. The predicted molar refractivity (Wildman–Crippen MR) is 74.4 cm³/mol. The lowest BCUT2D eigenvalue weighted by Gasteiger charge is -2.09. The first-order chi connectivity index (χ1) is 10.3. The minimum absolute atomic E-state index is 0.0201. The number of hydrogen-bond donors (Lipinski definition) is 4. The van der Waals surface area contributed by atoms with Crippen molar-refractivity contribution in [3.8, 4) is 17.4 Å². The highest BCUT2D eigenvalue weighted by atomic mass is 16.5. The Kier molecular flexibility index (Phi) is 3.85. The summed E-state index contributed by atoms with van der Waals surface area (Å²) in [6.45, 7) is 1.00. The SMILES string of the molecule is CC(=O)c1c(O)c(C(=O)Nc2ccc(O)cc2)c(O)oc1=O. The van der Waals surface area contributed by atoms with Gasteiger partial charge in [-0.2, -0.15) is 0 Å². The number of ketones is 1. The number of nitrogens with one attached hydrogen (secondary N) is 1. The van der Waals surface area contributed by atoms with Crippen molar-refractivity contribution in [3.05, 3.63) is 45.8 Å². The second-order valence-corrected chi connectivity index (χ2v) is 4.35. The molecule has 22 heavy (non-hydrogen) atoms. The van der Waals surface area contributed by atoms with Gasteiger partial charge in [0.2, 0.25) is 0 Å². The summed E-state index contributed by atoms with van der Waals surface area (Å²) in [6, 6.07) is 5.35. The fourth-order valence-electron chi connectivity index (χ4n) is 1.77. The van der Waals surface area contributed by atoms with Crippen LogP contribution < -0.4 is 10.9 Å². The lowest BCUT2D eigenvalue weighted by Crippen LogP contribution is -2.18. The van der Waals surface area contributed by atoms with E-state index in [0.29, 0.717) is 0 Å². The van der Waals surface area contributed by atoms with Crippen LogP contribution >= 0.6 is 0 Å². The van der Waals surface area contributed by atoms with Crippen molar-refractivity contribution in [1.29, 1.82) is 0 Å². The van der Waals surface area contributed by atoms with E-state index in [1.54, 1.807) is 0 Å². The molecule has 2 aromatic rings. The third-order valence-electron chi connectivity index (χ3n) is 2.79. The van der Waals surface area contributed by atoms with Crippen molar-refractivity contribution in [2.75, 3.05) is 5.32 Å². The molecule has 0 atom stereocenters. The van der Waals surface area contributed by atoms with Crippen LogP contribution in [0, 0.1) is 0 Å². The van der Waals surface area contributed by atoms with E-state index in [2.05, 4.69) is 9.73 Å². The number of hydrogen-bond acceptors (Lipinski definition) is 7. The maximum Gasteiger partial charge on any atom is 0.353 e. The molecule has 4 N–H and O–H groups in total. The first kappa shape index (κ1) is 15.1. The molecule has 0 aliphatic heterocycles. The highest BCUT2D eigenvalue weighted by Crippen LogP contribution is 2.29. The molecule has 114 valence electrons. The molecule has 0 spiro atoms. The summed E-state index contributed by atoms with van der Waals surface area (Å²) in [5, 5.41) is 30.9. The third kappa shape index (κ3) is 2.75. The molecule has 0 unspecified atom stereocenters. The molecule has 0 saturated carbocycles. The number of carbonyl (C=O) groups is 2. The largest absolute Gasteiger partial charge is 0.508 e. The number of carbonyl (C=O) groups excluding carboxylic acids is 2. The van der Waals surface area contributed by atoms with Crippen molar-refractivity contribution < 1.29 is 29.3 Å². The Morgan fingerprint density at radius 3 is 2.18 bits per heavy atom. The zero-order valence-electron chi connectivity index (χ0n) is 11.3. The molecule has 0 aliphatic carbocycles. The smallest absolute Gasteiger partial charge is 0.353 e. The monoisotopic (exact) mass is 305 g/mol. The van der Waals surface area contributed by atoms with Gasteiger partial charge in [0.15, 0.2) is 17.1 Å². The van der Waals surface area contributed by atoms with Crippen LogP contribution in [0.15, 0.2) is 33.5 Å². The van der Waals surface area contributed by atoms with Gasteiger partial charge < -0.3 is 25.1 Å². The molecule has 0 aliphatic rings. The fraction of sp³-hybridized carbons (Fsp3) is 0.0714. The molecular formula is C14H11NO7. The van der Waals surface area contributed by atoms with Gasteiger partial charge >= 0.3 is 11.6 Å². The molecule has 1 amide bonds. The quantitative estimate of drug-likeness (QED) is 0.494. The molecule has 0 bridgehead atoms. The van der Waals surface area contributed by atoms with E-state index in [9.17, 15) is 24.6 Å². The van der Waals surface area contributed by atoms with Gasteiger partial charge in [-0.05, 0) is 31.2 Å². The molecule has 0 radical (unpaired) electrons. The number of anilines is 1. The topological polar surface area (TPSA) is 137 Å². The predicted octanol–water partition coefficient (Wildman–Crippen LogP) is 1.21. The van der Waals surface area contributed by atoms with E-state index in [4.69, 9.17) is 5.11 Å². The van der Waals surface area contributed by atoms with E-state index in [1.807, 2.05) is 0 Å². The third-order valence-corrected chi connectivity index (χ3v) is 2.79. The van der Waals surface area contributed by atoms with Crippen molar-refractivity contribution in [3.63, 3.8) is 0 Å². The van der Waals surface area contributed by atoms with Gasteiger partial charge in [-0.25, -0.2) is 4.79 Å². The highest BCUT2D eigenvalue weighted by Gasteiger charge is 2.26. The minimum Gasteiger partial charge on any atom is -0.508 e. The number of rotatable bonds is 3. The minimum atomic E-state index is -1.25. The molecule has 8 nitrogen and oxygen atoms in total. The van der Waals surface area contributed by atoms with Crippen molar-refractivity contribution in [2.24, 2.45) is 0 Å². The number of phenolic OH excluding ortho intramolecular Hbond substituents is 1. The summed E-state index contributed by atoms with van der Waals surface area (Å²) in [6.07, 6.45) is 0. The van der Waals surface area contributed by atoms with Crippen molar-refractivity contribution in [1.82, 2.24) is 0 Å². The molecule has 2 rings (SSSR count). The Bertz CT molecular complexity index is 805. The maximum absolute atomic E-state index is 12.1. The number of aromatic hydroxyl groups is 3. The lowest BCUT2D eigenvalue weighted by molar-refractivity contribution is 0.100. The highest BCUT2D eigenvalue weighted by molar-refractivity contribution is 6.10. The van der Waals surface area contributed by atoms with E-state index in [0.717, 1.165) is 6.92 Å². The van der Waals surface area contributed by atoms with Gasteiger partial charge in [0.05, 0.1) is 0 Å². The maximum atomic E-state index is 12.1. The van der Waals surface area contributed by atoms with Crippen LogP contribution in [0.1, 0.15) is 27.6 Å². The number of Topliss-reactive ketones (excluding diaryl/α,β-unsaturated/α-hetero) is 1. The Labute approximate surface area is 123 Å². The van der Waals surface area contributed by atoms with Gasteiger partial charge in [0.1, 0.15) is 11.3 Å². The van der Waals surface area contributed by atoms with E-state index >= 15 is 0 Å². The lowest BCUT2D eigenvalue weighted by atomic mass is 10.1. The van der Waals surface area contributed by atoms with Gasteiger partial charge in [-0.15, -0.1) is 0 Å². The molecule has 8 heteroatoms. The molecule has 1 heterocycles. The average Bonchev–Trinajstić information content (AvgIpc) is 2.40. The summed E-state index contributed by atoms with van der Waals surface area (Å²) >= 11 is 0. The van der Waals surface area contributed by atoms with E-state index in [-0.39, 0.29) is 11.4 Å². The van der Waals surface area contributed by atoms with Crippen LogP contribution in [0.5, 0.6) is 17.4 Å². The number of amides is 1. The standard InChI is InChI=1S/C14H11NO7/c1-6(16)9-11(18)10(14(21)22-13(9)20)12(19)15-7-2-4-8(17)5-3-7/h2-5,17-18,21H,1H3,(H,15,19). The summed E-state index contributed by atoms with van der Waals surface area (Å²) < 4.78 is 4.38. The number of phenols is 1. The molecule has 1 aromatic carbocycles. The van der Waals surface area contributed by atoms with Crippen LogP contribution in [0.4, 0.5) is 5.69 Å². The van der Waals surface area contributed by atoms with Gasteiger partial charge in [0.25, 0.3) is 5.91 Å². The Hall–Kier alpha value is -3.29. The van der Waals surface area contributed by atoms with E-state index < -0.39 is 40.1 Å². The zero-order valence-corrected chi connectivity index (χ0v) is 11.3. The normalized spacial score (nSPS) is 10.2. The van der Waals surface area contributed by atoms with Crippen LogP contribution in [0.25, 0.3) is 0 Å². The number of benzene rings is 1. The van der Waals surface area contributed by atoms with Crippen molar-refractivity contribution >= 4 is 17.4 Å². The fourth-order valence-corrected chi connectivity index (χ4v) is 1.77. The summed E-state index contributed by atoms with van der Waals surface area (Å²) in [4.78, 5) is 34.8. The Morgan fingerprint density at radius 1 is 1.05 bits per heavy atom. The Balaban J connectivity index is 2.45. The Morgan fingerprint density at radius 2 is 1.64 bits per heavy atom. The molecule has 0 fully saturated rings. The second-order valence-electron chi connectivity index (χ2n) is 4.35. The van der Waals surface area contributed by atoms with Gasteiger partial charge in [-0.3, -0.25) is 9.59 Å². The second kappa shape index (κ2) is 5.60. The first-order valence-electron chi connectivity index (χ1n) is 6.01. The molecular weight excluding hydrogens is 294 g/mol. The van der Waals surface area contributed by atoms with Crippen LogP contribution in [-0.4, -0.2) is 27.0 Å². The van der Waals surface area contributed by atoms with Gasteiger partial charge in [-0.1, -0.05) is 0 Å². The van der Waals surface area contributed by atoms with Crippen LogP contribution in [0.3, 0.4) is 0 Å². The van der Waals surface area contributed by atoms with Crippen molar-refractivity contribution in [2.45, 2.75) is 6.92 Å². The van der Waals surface area contributed by atoms with Gasteiger partial charge in [0, 0.05) is 5.69 Å².